The Bertz CT molecular complexity index is 1840. The number of halogens is 1. The van der Waals surface area contributed by atoms with Gasteiger partial charge in [-0.25, -0.2) is 14.2 Å². The van der Waals surface area contributed by atoms with Crippen LogP contribution in [0.1, 0.15) is 50.0 Å². The molecule has 1 aliphatic heterocycles. The number of hydrogen-bond acceptors (Lipinski definition) is 5. The molecule has 1 atom stereocenters. The normalized spacial score (nSPS) is 13.8. The zero-order valence-electron chi connectivity index (χ0n) is 25.1. The van der Waals surface area contributed by atoms with E-state index in [9.17, 15) is 9.18 Å². The fourth-order valence-electron chi connectivity index (χ4n) is 5.78. The summed E-state index contributed by atoms with van der Waals surface area (Å²) in [6.07, 6.45) is 4.81. The molecule has 220 valence electrons. The van der Waals surface area contributed by atoms with Crippen molar-refractivity contribution in [3.8, 4) is 39.3 Å². The van der Waals surface area contributed by atoms with Gasteiger partial charge in [0.05, 0.1) is 25.0 Å². The average Bonchev–Trinajstić information content (AvgIpc) is 3.42. The van der Waals surface area contributed by atoms with Crippen molar-refractivity contribution in [1.29, 1.82) is 0 Å². The average molecular weight is 579 g/mol. The molecule has 6 nitrogen and oxygen atoms in total. The van der Waals surface area contributed by atoms with Crippen LogP contribution >= 0.6 is 0 Å². The Labute approximate surface area is 251 Å². The number of nitrogens with zero attached hydrogens (tertiary/aromatic N) is 2. The number of imidazole rings is 1. The van der Waals surface area contributed by atoms with E-state index in [1.807, 2.05) is 87.0 Å². The monoisotopic (exact) mass is 578 g/mol. The first-order valence-electron chi connectivity index (χ1n) is 14.5. The lowest BCUT2D eigenvalue weighted by atomic mass is 9.91. The van der Waals surface area contributed by atoms with Crippen LogP contribution < -0.4 is 4.74 Å². The first kappa shape index (κ1) is 28.6. The molecule has 0 spiro atoms. The van der Waals surface area contributed by atoms with E-state index in [1.54, 1.807) is 12.1 Å². The molecule has 0 aliphatic carbocycles. The molecule has 43 heavy (non-hydrogen) atoms. The van der Waals surface area contributed by atoms with Gasteiger partial charge in [-0.1, -0.05) is 42.5 Å². The lowest BCUT2D eigenvalue weighted by Gasteiger charge is -2.29. The van der Waals surface area contributed by atoms with Gasteiger partial charge in [0.25, 0.3) is 0 Å². The fraction of sp³-hybridized carbons (Fsp3) is 0.278. The second-order valence-electron chi connectivity index (χ2n) is 11.9. The number of fused-ring (bicyclic) bond motifs is 2. The first-order valence-corrected chi connectivity index (χ1v) is 14.5. The topological polar surface area (TPSA) is 62.1 Å². The molecule has 0 saturated carbocycles. The van der Waals surface area contributed by atoms with E-state index >= 15 is 0 Å². The molecule has 0 unspecified atom stereocenters. The molecule has 0 radical (unpaired) electrons. The molecule has 1 aliphatic rings. The van der Waals surface area contributed by atoms with Crippen LogP contribution in [0.5, 0.6) is 5.75 Å². The van der Waals surface area contributed by atoms with Crippen molar-refractivity contribution in [2.45, 2.75) is 52.2 Å². The summed E-state index contributed by atoms with van der Waals surface area (Å²) < 4.78 is 34.2. The minimum atomic E-state index is -0.971. The van der Waals surface area contributed by atoms with Crippen molar-refractivity contribution < 1.29 is 23.4 Å². The third kappa shape index (κ3) is 5.65. The highest BCUT2D eigenvalue weighted by Crippen LogP contribution is 2.41. The van der Waals surface area contributed by atoms with E-state index in [4.69, 9.17) is 19.2 Å². The van der Waals surface area contributed by atoms with Crippen LogP contribution in [0.15, 0.2) is 79.1 Å². The van der Waals surface area contributed by atoms with Gasteiger partial charge in [-0.3, -0.25) is 0 Å². The molecule has 0 bridgehead atoms. The zero-order chi connectivity index (χ0) is 30.3. The molecule has 3 heterocycles. The van der Waals surface area contributed by atoms with Gasteiger partial charge in [-0.15, -0.1) is 0 Å². The third-order valence-corrected chi connectivity index (χ3v) is 7.67. The molecule has 6 rings (SSSR count). The van der Waals surface area contributed by atoms with Crippen LogP contribution in [0, 0.1) is 12.7 Å². The number of methoxy groups -OCH3 is 1. The number of benzene rings is 3. The van der Waals surface area contributed by atoms with Crippen LogP contribution in [-0.2, 0) is 20.7 Å². The molecule has 0 N–H and O–H groups in total. The van der Waals surface area contributed by atoms with E-state index in [0.717, 1.165) is 57.7 Å². The van der Waals surface area contributed by atoms with E-state index in [0.29, 0.717) is 23.4 Å². The molecule has 0 amide bonds. The molecule has 5 aromatic rings. The number of carbonyl (C=O) groups is 1. The fourth-order valence-corrected chi connectivity index (χ4v) is 5.78. The minimum absolute atomic E-state index is 0.277. The summed E-state index contributed by atoms with van der Waals surface area (Å²) in [6.45, 7) is 8.43. The van der Waals surface area contributed by atoms with Gasteiger partial charge >= 0.3 is 5.97 Å². The second-order valence-corrected chi connectivity index (χ2v) is 11.9. The van der Waals surface area contributed by atoms with Gasteiger partial charge in [0.2, 0.25) is 0 Å². The summed E-state index contributed by atoms with van der Waals surface area (Å²) in [5, 5.41) is 0. The van der Waals surface area contributed by atoms with Crippen molar-refractivity contribution in [2.75, 3.05) is 13.7 Å². The smallest absolute Gasteiger partial charge is 0.339 e. The molecular formula is C36H35FN2O4. The predicted octanol–water partition coefficient (Wildman–Crippen LogP) is 8.14. The Balaban J connectivity index is 1.58. The van der Waals surface area contributed by atoms with Crippen LogP contribution in [-0.4, -0.2) is 34.7 Å². The van der Waals surface area contributed by atoms with Crippen LogP contribution in [0.2, 0.25) is 0 Å². The van der Waals surface area contributed by atoms with Crippen molar-refractivity contribution in [3.05, 3.63) is 102 Å². The number of pyridine rings is 1. The highest BCUT2D eigenvalue weighted by atomic mass is 19.1. The quantitative estimate of drug-likeness (QED) is 0.190. The number of rotatable bonds is 6. The Morgan fingerprint density at radius 1 is 1.00 bits per heavy atom. The summed E-state index contributed by atoms with van der Waals surface area (Å²) in [4.78, 5) is 18.4. The minimum Gasteiger partial charge on any atom is -0.493 e. The summed E-state index contributed by atoms with van der Waals surface area (Å²) in [5.41, 5.74) is 7.33. The summed E-state index contributed by atoms with van der Waals surface area (Å²) in [5.74, 6) is 0.125. The van der Waals surface area contributed by atoms with E-state index in [1.165, 1.54) is 13.2 Å². The summed E-state index contributed by atoms with van der Waals surface area (Å²) >= 11 is 0. The maximum absolute atomic E-state index is 14.6. The Morgan fingerprint density at radius 2 is 1.79 bits per heavy atom. The van der Waals surface area contributed by atoms with E-state index < -0.39 is 17.7 Å². The first-order chi connectivity index (χ1) is 20.6. The second kappa shape index (κ2) is 11.3. The van der Waals surface area contributed by atoms with Crippen LogP contribution in [0.3, 0.4) is 0 Å². The number of aryl methyl sites for hydroxylation is 2. The van der Waals surface area contributed by atoms with Crippen molar-refractivity contribution in [2.24, 2.45) is 0 Å². The number of ether oxygens (including phenoxy) is 3. The molecule has 7 heteroatoms. The van der Waals surface area contributed by atoms with E-state index in [-0.39, 0.29) is 5.82 Å². The Morgan fingerprint density at radius 3 is 2.56 bits per heavy atom. The predicted molar refractivity (Wildman–Crippen MR) is 166 cm³/mol. The molecule has 2 aromatic heterocycles. The number of esters is 1. The lowest BCUT2D eigenvalue weighted by molar-refractivity contribution is -0.164. The zero-order valence-corrected chi connectivity index (χ0v) is 25.1. The third-order valence-electron chi connectivity index (χ3n) is 7.67. The van der Waals surface area contributed by atoms with Crippen LogP contribution in [0.4, 0.5) is 4.39 Å². The Hall–Kier alpha value is -4.49. The summed E-state index contributed by atoms with van der Waals surface area (Å²) in [7, 11) is 1.38. The standard InChI is InChI=1S/C36H35FN2O4/c1-22-20-39-21-29(24-11-8-10-23(18-24)27-13-6-7-14-28(27)37)38-34(39)32(26-15-16-30-25(19-26)12-9-17-42-30)31(22)33(35(40)41-5)43-36(2,3)4/h6-8,10-11,13-16,18-21,33H,9,12,17H2,1-5H3/t33-/m0/s1. The van der Waals surface area contributed by atoms with Crippen molar-refractivity contribution >= 4 is 11.6 Å². The molecule has 3 aromatic carbocycles. The van der Waals surface area contributed by atoms with Gasteiger partial charge in [0, 0.05) is 34.6 Å². The van der Waals surface area contributed by atoms with E-state index in [2.05, 4.69) is 6.07 Å². The largest absolute Gasteiger partial charge is 0.493 e. The molecular weight excluding hydrogens is 543 g/mol. The molecule has 0 fully saturated rings. The highest BCUT2D eigenvalue weighted by molar-refractivity contribution is 5.89. The van der Waals surface area contributed by atoms with Gasteiger partial charge < -0.3 is 18.6 Å². The van der Waals surface area contributed by atoms with Crippen molar-refractivity contribution in [3.63, 3.8) is 0 Å². The maximum Gasteiger partial charge on any atom is 0.339 e. The molecule has 0 saturated heterocycles. The SMILES string of the molecule is COC(=O)[C@@H](OC(C)(C)C)c1c(C)cn2cc(-c3cccc(-c4ccccc4F)c3)nc2c1-c1ccc2c(c1)CCCO2. The van der Waals surface area contributed by atoms with Gasteiger partial charge in [0.1, 0.15) is 17.2 Å². The highest BCUT2D eigenvalue weighted by Gasteiger charge is 2.33. The number of carbonyl (C=O) groups excluding carboxylic acids is 1. The Kier molecular flexibility index (Phi) is 7.52. The summed E-state index contributed by atoms with van der Waals surface area (Å²) in [6, 6.07) is 20.6. The van der Waals surface area contributed by atoms with Crippen molar-refractivity contribution in [1.82, 2.24) is 9.38 Å². The van der Waals surface area contributed by atoms with Gasteiger partial charge in [0.15, 0.2) is 6.10 Å². The maximum atomic E-state index is 14.6. The van der Waals surface area contributed by atoms with Gasteiger partial charge in [-0.2, -0.15) is 0 Å². The number of hydrogen-bond donors (Lipinski definition) is 0. The van der Waals surface area contributed by atoms with Gasteiger partial charge in [-0.05, 0) is 87.1 Å². The lowest BCUT2D eigenvalue weighted by Crippen LogP contribution is -2.29. The number of aromatic nitrogens is 2. The van der Waals surface area contributed by atoms with Crippen LogP contribution in [0.25, 0.3) is 39.2 Å².